The Bertz CT molecular complexity index is 1450. The van der Waals surface area contributed by atoms with Gasteiger partial charge in [-0.15, -0.1) is 0 Å². The first-order valence-electron chi connectivity index (χ1n) is 15.1. The van der Waals surface area contributed by atoms with Gasteiger partial charge in [-0.2, -0.15) is 15.5 Å². The van der Waals surface area contributed by atoms with Gasteiger partial charge in [-0.25, -0.2) is 4.98 Å². The summed E-state index contributed by atoms with van der Waals surface area (Å²) < 4.78 is 0. The van der Waals surface area contributed by atoms with Crippen LogP contribution < -0.4 is 14.7 Å². The first kappa shape index (κ1) is 28.0. The third kappa shape index (κ3) is 5.05. The van der Waals surface area contributed by atoms with Crippen LogP contribution in [0.25, 0.3) is 0 Å². The van der Waals surface area contributed by atoms with Crippen LogP contribution in [0.15, 0.2) is 30.9 Å². The number of para-hydroxylation sites is 1. The summed E-state index contributed by atoms with van der Waals surface area (Å²) in [6.07, 6.45) is 6.32. The van der Waals surface area contributed by atoms with Gasteiger partial charge in [0.1, 0.15) is 11.9 Å². The highest BCUT2D eigenvalue weighted by Crippen LogP contribution is 2.38. The maximum absolute atomic E-state index is 12.5. The van der Waals surface area contributed by atoms with Crippen LogP contribution in [0.1, 0.15) is 41.6 Å². The molecule has 2 aromatic rings. The van der Waals surface area contributed by atoms with Gasteiger partial charge in [0.15, 0.2) is 0 Å². The van der Waals surface area contributed by atoms with E-state index in [1.165, 1.54) is 17.2 Å². The number of carbonyl (C=O) groups excluding carboxylic acids is 1. The van der Waals surface area contributed by atoms with E-state index in [0.29, 0.717) is 25.7 Å². The summed E-state index contributed by atoms with van der Waals surface area (Å²) in [4.78, 5) is 33.9. The van der Waals surface area contributed by atoms with Crippen LogP contribution in [0, 0.1) is 22.7 Å². The second kappa shape index (κ2) is 11.6. The number of benzene rings is 1. The average Bonchev–Trinajstić information content (AvgIpc) is 2.98. The number of likely N-dealkylation sites (N-methyl/N-ethyl adjacent to an activating group) is 1. The quantitative estimate of drug-likeness (QED) is 0.489. The molecule has 2 fully saturated rings. The Kier molecular flexibility index (Phi) is 7.74. The number of piperazine rings is 1. The van der Waals surface area contributed by atoms with E-state index >= 15 is 0 Å². The SMILES string of the molecule is C=CC(=O)N1CCN(c2nc(N3CC(N(C)C)C3)nc3c2CCC(N2CCCc4cccc(C#N)c42)C3)CC1CC#N. The van der Waals surface area contributed by atoms with E-state index in [2.05, 4.69) is 58.5 Å². The Morgan fingerprint density at radius 3 is 2.69 bits per heavy atom. The molecule has 1 aromatic carbocycles. The van der Waals surface area contributed by atoms with Crippen LogP contribution in [0.2, 0.25) is 0 Å². The van der Waals surface area contributed by atoms with Gasteiger partial charge in [-0.3, -0.25) is 4.79 Å². The molecule has 2 saturated heterocycles. The molecule has 1 amide bonds. The van der Waals surface area contributed by atoms with Gasteiger partial charge in [-0.05, 0) is 57.5 Å². The zero-order valence-electron chi connectivity index (χ0n) is 24.7. The second-order valence-corrected chi connectivity index (χ2v) is 12.1. The van der Waals surface area contributed by atoms with Crippen LogP contribution in [0.3, 0.4) is 0 Å². The molecule has 42 heavy (non-hydrogen) atoms. The molecule has 2 atom stereocenters. The van der Waals surface area contributed by atoms with E-state index in [4.69, 9.17) is 9.97 Å². The third-order valence-corrected chi connectivity index (χ3v) is 9.47. The normalized spacial score (nSPS) is 22.1. The minimum Gasteiger partial charge on any atom is -0.367 e. The molecule has 10 nitrogen and oxygen atoms in total. The van der Waals surface area contributed by atoms with Crippen molar-refractivity contribution in [3.63, 3.8) is 0 Å². The Hall–Kier alpha value is -4.15. The molecule has 218 valence electrons. The summed E-state index contributed by atoms with van der Waals surface area (Å²) >= 11 is 0. The predicted molar refractivity (Wildman–Crippen MR) is 162 cm³/mol. The largest absolute Gasteiger partial charge is 0.367 e. The average molecular weight is 566 g/mol. The number of fused-ring (bicyclic) bond motifs is 2. The lowest BCUT2D eigenvalue weighted by Gasteiger charge is -2.45. The summed E-state index contributed by atoms with van der Waals surface area (Å²) in [5.74, 6) is 1.59. The lowest BCUT2D eigenvalue weighted by molar-refractivity contribution is -0.128. The van der Waals surface area contributed by atoms with Crippen LogP contribution in [-0.4, -0.2) is 97.2 Å². The minimum absolute atomic E-state index is 0.128. The minimum atomic E-state index is -0.212. The van der Waals surface area contributed by atoms with Crippen molar-refractivity contribution in [3.8, 4) is 12.1 Å². The molecule has 0 N–H and O–H groups in total. The molecule has 0 bridgehead atoms. The van der Waals surface area contributed by atoms with E-state index in [0.717, 1.165) is 80.4 Å². The fraction of sp³-hybridized carbons (Fsp3) is 0.531. The number of aryl methyl sites for hydroxylation is 1. The molecule has 0 radical (unpaired) electrons. The Labute approximate surface area is 248 Å². The number of nitrogens with zero attached hydrogens (tertiary/aromatic N) is 9. The molecule has 1 aliphatic carbocycles. The van der Waals surface area contributed by atoms with Gasteiger partial charge in [0, 0.05) is 63.3 Å². The van der Waals surface area contributed by atoms with Gasteiger partial charge < -0.3 is 24.5 Å². The van der Waals surface area contributed by atoms with Gasteiger partial charge in [-0.1, -0.05) is 18.7 Å². The van der Waals surface area contributed by atoms with E-state index in [1.807, 2.05) is 12.1 Å². The van der Waals surface area contributed by atoms with Gasteiger partial charge in [0.2, 0.25) is 11.9 Å². The maximum atomic E-state index is 12.5. The fourth-order valence-corrected chi connectivity index (χ4v) is 7.05. The zero-order chi connectivity index (χ0) is 29.4. The van der Waals surface area contributed by atoms with Crippen molar-refractivity contribution in [3.05, 3.63) is 53.2 Å². The zero-order valence-corrected chi connectivity index (χ0v) is 24.7. The Morgan fingerprint density at radius 1 is 1.12 bits per heavy atom. The smallest absolute Gasteiger partial charge is 0.246 e. The molecule has 3 aliphatic heterocycles. The lowest BCUT2D eigenvalue weighted by Crippen LogP contribution is -2.58. The van der Waals surface area contributed by atoms with Crippen LogP contribution in [0.5, 0.6) is 0 Å². The van der Waals surface area contributed by atoms with Gasteiger partial charge in [0.05, 0.1) is 35.5 Å². The van der Waals surface area contributed by atoms with Crippen molar-refractivity contribution in [2.45, 2.75) is 56.7 Å². The molecule has 1 aromatic heterocycles. The molecule has 2 unspecified atom stereocenters. The highest BCUT2D eigenvalue weighted by molar-refractivity contribution is 5.87. The summed E-state index contributed by atoms with van der Waals surface area (Å²) in [5, 5.41) is 19.4. The second-order valence-electron chi connectivity index (χ2n) is 12.1. The summed E-state index contributed by atoms with van der Waals surface area (Å²) in [7, 11) is 4.22. The Morgan fingerprint density at radius 2 is 1.95 bits per heavy atom. The monoisotopic (exact) mass is 565 g/mol. The standard InChI is InChI=1S/C32H39N9O/c1-4-29(42)40-16-15-38(19-25(40)12-13-33)31-27-11-10-24(41-14-6-9-22-7-5-8-23(18-34)30(22)41)17-28(27)35-32(36-31)39-20-26(21-39)37(2)3/h4-5,7-8,24-26H,1,6,9-12,14-17,19-21H2,2-3H3. The van der Waals surface area contributed by atoms with Gasteiger partial charge in [0.25, 0.3) is 0 Å². The number of aromatic nitrogens is 2. The van der Waals surface area contributed by atoms with Crippen LogP contribution in [-0.2, 0) is 24.1 Å². The van der Waals surface area contributed by atoms with E-state index < -0.39 is 0 Å². The first-order valence-corrected chi connectivity index (χ1v) is 15.1. The van der Waals surface area contributed by atoms with Crippen molar-refractivity contribution < 1.29 is 4.79 Å². The van der Waals surface area contributed by atoms with Crippen molar-refractivity contribution in [1.82, 2.24) is 19.8 Å². The molecule has 4 aliphatic rings. The number of carbonyl (C=O) groups is 1. The van der Waals surface area contributed by atoms with E-state index in [-0.39, 0.29) is 24.4 Å². The van der Waals surface area contributed by atoms with E-state index in [9.17, 15) is 15.3 Å². The molecular formula is C32H39N9O. The van der Waals surface area contributed by atoms with Crippen molar-refractivity contribution >= 4 is 23.4 Å². The maximum Gasteiger partial charge on any atom is 0.246 e. The summed E-state index contributed by atoms with van der Waals surface area (Å²) in [6, 6.07) is 11.3. The molecule has 0 saturated carbocycles. The number of rotatable bonds is 6. The lowest BCUT2D eigenvalue weighted by atomic mass is 9.87. The van der Waals surface area contributed by atoms with Crippen molar-refractivity contribution in [2.75, 3.05) is 68.1 Å². The van der Waals surface area contributed by atoms with Crippen LogP contribution in [0.4, 0.5) is 17.5 Å². The molecule has 6 rings (SSSR count). The third-order valence-electron chi connectivity index (χ3n) is 9.47. The van der Waals surface area contributed by atoms with Crippen molar-refractivity contribution in [2.24, 2.45) is 0 Å². The predicted octanol–water partition coefficient (Wildman–Crippen LogP) is 2.53. The van der Waals surface area contributed by atoms with Crippen molar-refractivity contribution in [1.29, 1.82) is 10.5 Å². The highest BCUT2D eigenvalue weighted by Gasteiger charge is 2.37. The number of anilines is 3. The summed E-state index contributed by atoms with van der Waals surface area (Å²) in [5.41, 5.74) is 5.40. The fourth-order valence-electron chi connectivity index (χ4n) is 7.05. The summed E-state index contributed by atoms with van der Waals surface area (Å²) in [6.45, 7) is 8.13. The van der Waals surface area contributed by atoms with E-state index in [1.54, 1.807) is 4.90 Å². The topological polar surface area (TPSA) is 107 Å². The molecule has 4 heterocycles. The first-order chi connectivity index (χ1) is 20.4. The molecular weight excluding hydrogens is 526 g/mol. The highest BCUT2D eigenvalue weighted by atomic mass is 16.2. The number of hydrogen-bond acceptors (Lipinski definition) is 9. The number of nitriles is 2. The number of amides is 1. The Balaban J connectivity index is 1.33. The van der Waals surface area contributed by atoms with Crippen LogP contribution >= 0.6 is 0 Å². The molecule has 0 spiro atoms. The number of hydrogen-bond donors (Lipinski definition) is 0. The molecule has 10 heteroatoms. The van der Waals surface area contributed by atoms with Gasteiger partial charge >= 0.3 is 0 Å².